The van der Waals surface area contributed by atoms with E-state index in [-0.39, 0.29) is 0 Å². The van der Waals surface area contributed by atoms with Crippen LogP contribution < -0.4 is 5.32 Å². The molecule has 2 rings (SSSR count). The van der Waals surface area contributed by atoms with E-state index in [1.54, 1.807) is 0 Å². The second kappa shape index (κ2) is 3.62. The van der Waals surface area contributed by atoms with Crippen molar-refractivity contribution in [2.24, 2.45) is 5.92 Å². The van der Waals surface area contributed by atoms with Crippen LogP contribution in [-0.2, 0) is 0 Å². The highest BCUT2D eigenvalue weighted by atomic mass is 32.2. The smallest absolute Gasteiger partial charge is 0.0795 e. The molecule has 0 aliphatic carbocycles. The van der Waals surface area contributed by atoms with Gasteiger partial charge in [0.2, 0.25) is 0 Å². The van der Waals surface area contributed by atoms with Crippen LogP contribution in [0.4, 0.5) is 5.69 Å². The van der Waals surface area contributed by atoms with Crippen LogP contribution >= 0.6 is 11.8 Å². The van der Waals surface area contributed by atoms with E-state index in [0.29, 0.717) is 5.37 Å². The van der Waals surface area contributed by atoms with Crippen molar-refractivity contribution in [2.45, 2.75) is 30.5 Å². The Morgan fingerprint density at radius 3 is 2.92 bits per heavy atom. The standard InChI is InChI=1S/C11H15NS/c1-3-8(2)11-12-9-6-4-5-7-10(9)13-11/h4-8,11-12H,3H2,1-2H3/t8?,11-/m0/s1. The molecule has 0 aromatic heterocycles. The minimum atomic E-state index is 0.572. The van der Waals surface area contributed by atoms with E-state index in [9.17, 15) is 0 Å². The summed E-state index contributed by atoms with van der Waals surface area (Å²) in [5.74, 6) is 0.734. The molecule has 0 spiro atoms. The molecule has 0 saturated heterocycles. The Morgan fingerprint density at radius 2 is 2.23 bits per heavy atom. The number of hydrogen-bond donors (Lipinski definition) is 1. The van der Waals surface area contributed by atoms with Gasteiger partial charge in [-0.1, -0.05) is 44.2 Å². The molecule has 1 aromatic carbocycles. The maximum Gasteiger partial charge on any atom is 0.0795 e. The van der Waals surface area contributed by atoms with Crippen molar-refractivity contribution in [3.63, 3.8) is 0 Å². The fraction of sp³-hybridized carbons (Fsp3) is 0.455. The van der Waals surface area contributed by atoms with Gasteiger partial charge in [0, 0.05) is 10.6 Å². The van der Waals surface area contributed by atoms with Crippen molar-refractivity contribution >= 4 is 17.4 Å². The molecule has 70 valence electrons. The summed E-state index contributed by atoms with van der Waals surface area (Å²) < 4.78 is 0. The Morgan fingerprint density at radius 1 is 1.46 bits per heavy atom. The molecule has 1 aliphatic rings. The fourth-order valence-corrected chi connectivity index (χ4v) is 2.78. The van der Waals surface area contributed by atoms with Gasteiger partial charge in [0.05, 0.1) is 5.37 Å². The van der Waals surface area contributed by atoms with Crippen LogP contribution in [0.1, 0.15) is 20.3 Å². The third kappa shape index (κ3) is 1.68. The van der Waals surface area contributed by atoms with Gasteiger partial charge in [0.1, 0.15) is 0 Å². The van der Waals surface area contributed by atoms with Crippen LogP contribution in [0.15, 0.2) is 29.2 Å². The predicted molar refractivity (Wildman–Crippen MR) is 59.2 cm³/mol. The maximum absolute atomic E-state index is 3.55. The second-order valence-corrected chi connectivity index (χ2v) is 4.75. The molecule has 1 nitrogen and oxygen atoms in total. The summed E-state index contributed by atoms with van der Waals surface area (Å²) in [6.45, 7) is 4.55. The Hall–Kier alpha value is -0.630. The van der Waals surface area contributed by atoms with Gasteiger partial charge >= 0.3 is 0 Å². The highest BCUT2D eigenvalue weighted by molar-refractivity contribution is 8.00. The quantitative estimate of drug-likeness (QED) is 0.770. The van der Waals surface area contributed by atoms with Crippen molar-refractivity contribution in [3.8, 4) is 0 Å². The largest absolute Gasteiger partial charge is 0.372 e. The van der Waals surface area contributed by atoms with Gasteiger partial charge in [-0.3, -0.25) is 0 Å². The van der Waals surface area contributed by atoms with Gasteiger partial charge in [-0.05, 0) is 18.1 Å². The lowest BCUT2D eigenvalue weighted by Crippen LogP contribution is -2.18. The highest BCUT2D eigenvalue weighted by Crippen LogP contribution is 2.41. The molecule has 13 heavy (non-hydrogen) atoms. The van der Waals surface area contributed by atoms with Crippen LogP contribution in [0.5, 0.6) is 0 Å². The summed E-state index contributed by atoms with van der Waals surface area (Å²) in [4.78, 5) is 1.40. The molecule has 0 bridgehead atoms. The first kappa shape index (κ1) is 8.95. The molecule has 0 radical (unpaired) electrons. The number of anilines is 1. The molecule has 1 aliphatic heterocycles. The van der Waals surface area contributed by atoms with E-state index in [2.05, 4.69) is 43.4 Å². The van der Waals surface area contributed by atoms with Crippen molar-refractivity contribution in [2.75, 3.05) is 5.32 Å². The van der Waals surface area contributed by atoms with Gasteiger partial charge in [-0.25, -0.2) is 0 Å². The minimum Gasteiger partial charge on any atom is -0.372 e. The molecule has 2 atom stereocenters. The molecule has 1 N–H and O–H groups in total. The fourth-order valence-electron chi connectivity index (χ4n) is 1.48. The van der Waals surface area contributed by atoms with Crippen molar-refractivity contribution < 1.29 is 0 Å². The second-order valence-electron chi connectivity index (χ2n) is 3.56. The third-order valence-corrected chi connectivity index (χ3v) is 4.05. The lowest BCUT2D eigenvalue weighted by Gasteiger charge is -2.16. The monoisotopic (exact) mass is 193 g/mol. The molecule has 1 aromatic rings. The SMILES string of the molecule is CCC(C)[C@H]1Nc2ccccc2S1. The van der Waals surface area contributed by atoms with Crippen LogP contribution in [0.2, 0.25) is 0 Å². The lowest BCUT2D eigenvalue weighted by molar-refractivity contribution is 0.568. The van der Waals surface area contributed by atoms with Crippen molar-refractivity contribution in [1.82, 2.24) is 0 Å². The maximum atomic E-state index is 3.55. The van der Waals surface area contributed by atoms with Gasteiger partial charge in [-0.15, -0.1) is 0 Å². The van der Waals surface area contributed by atoms with Crippen LogP contribution in [0.25, 0.3) is 0 Å². The molecule has 0 saturated carbocycles. The number of benzene rings is 1. The summed E-state index contributed by atoms with van der Waals surface area (Å²) in [5.41, 5.74) is 1.30. The Bertz CT molecular complexity index is 273. The number of thioether (sulfide) groups is 1. The zero-order valence-corrected chi connectivity index (χ0v) is 8.90. The predicted octanol–water partition coefficient (Wildman–Crippen LogP) is 3.58. The molecule has 2 heteroatoms. The van der Waals surface area contributed by atoms with Crippen LogP contribution in [0.3, 0.4) is 0 Å². The van der Waals surface area contributed by atoms with E-state index in [1.165, 1.54) is 17.0 Å². The van der Waals surface area contributed by atoms with Crippen molar-refractivity contribution in [1.29, 1.82) is 0 Å². The van der Waals surface area contributed by atoms with E-state index in [0.717, 1.165) is 5.92 Å². The minimum absolute atomic E-state index is 0.572. The van der Waals surface area contributed by atoms with E-state index >= 15 is 0 Å². The highest BCUT2D eigenvalue weighted by Gasteiger charge is 2.24. The topological polar surface area (TPSA) is 12.0 Å². The molecular weight excluding hydrogens is 178 g/mol. The molecule has 0 amide bonds. The third-order valence-electron chi connectivity index (χ3n) is 2.60. The zero-order chi connectivity index (χ0) is 9.26. The van der Waals surface area contributed by atoms with Crippen LogP contribution in [-0.4, -0.2) is 5.37 Å². The Balaban J connectivity index is 2.14. The number of nitrogens with one attached hydrogen (secondary N) is 1. The molecule has 0 fully saturated rings. The summed E-state index contributed by atoms with van der Waals surface area (Å²) in [7, 11) is 0. The Labute approximate surface area is 83.9 Å². The Kier molecular flexibility index (Phi) is 2.49. The summed E-state index contributed by atoms with van der Waals surface area (Å²) in [6.07, 6.45) is 1.23. The summed E-state index contributed by atoms with van der Waals surface area (Å²) in [6, 6.07) is 8.54. The molecule has 1 unspecified atom stereocenters. The average Bonchev–Trinajstić information content (AvgIpc) is 2.59. The van der Waals surface area contributed by atoms with Gasteiger partial charge in [0.15, 0.2) is 0 Å². The molecular formula is C11H15NS. The number of hydrogen-bond acceptors (Lipinski definition) is 2. The first-order chi connectivity index (χ1) is 6.31. The van der Waals surface area contributed by atoms with E-state index in [1.807, 2.05) is 11.8 Å². The zero-order valence-electron chi connectivity index (χ0n) is 8.08. The normalized spacial score (nSPS) is 22.2. The first-order valence-corrected chi connectivity index (χ1v) is 5.71. The molecule has 1 heterocycles. The number of rotatable bonds is 2. The van der Waals surface area contributed by atoms with E-state index < -0.39 is 0 Å². The van der Waals surface area contributed by atoms with Gasteiger partial charge in [-0.2, -0.15) is 0 Å². The summed E-state index contributed by atoms with van der Waals surface area (Å²) >= 11 is 1.96. The number of fused-ring (bicyclic) bond motifs is 1. The lowest BCUT2D eigenvalue weighted by atomic mass is 10.1. The summed E-state index contributed by atoms with van der Waals surface area (Å²) in [5, 5.41) is 4.12. The first-order valence-electron chi connectivity index (χ1n) is 4.83. The number of para-hydroxylation sites is 1. The van der Waals surface area contributed by atoms with Gasteiger partial charge in [0.25, 0.3) is 0 Å². The van der Waals surface area contributed by atoms with E-state index in [4.69, 9.17) is 0 Å². The van der Waals surface area contributed by atoms with Gasteiger partial charge < -0.3 is 5.32 Å². The average molecular weight is 193 g/mol. The van der Waals surface area contributed by atoms with Crippen molar-refractivity contribution in [3.05, 3.63) is 24.3 Å². The van der Waals surface area contributed by atoms with Crippen LogP contribution in [0, 0.1) is 5.92 Å².